The summed E-state index contributed by atoms with van der Waals surface area (Å²) in [5.41, 5.74) is 5.80. The lowest BCUT2D eigenvalue weighted by Gasteiger charge is -2.20. The summed E-state index contributed by atoms with van der Waals surface area (Å²) >= 11 is 5.76. The highest BCUT2D eigenvalue weighted by atomic mass is 35.5. The lowest BCUT2D eigenvalue weighted by atomic mass is 10.2. The van der Waals surface area contributed by atoms with Crippen LogP contribution in [0.5, 0.6) is 0 Å². The minimum Gasteiger partial charge on any atom is -0.368 e. The van der Waals surface area contributed by atoms with E-state index in [0.29, 0.717) is 0 Å². The third-order valence-electron chi connectivity index (χ3n) is 2.70. The largest absolute Gasteiger partial charge is 0.408 e. The second-order valence-corrected chi connectivity index (χ2v) is 4.72. The lowest BCUT2D eigenvalue weighted by Crippen LogP contribution is -2.36. The van der Waals surface area contributed by atoms with Crippen LogP contribution in [0.15, 0.2) is 18.2 Å². The van der Waals surface area contributed by atoms with Gasteiger partial charge in [0.25, 0.3) is 0 Å². The summed E-state index contributed by atoms with van der Waals surface area (Å²) in [4.78, 5) is 15.4. The van der Waals surface area contributed by atoms with Crippen molar-refractivity contribution in [2.75, 3.05) is 11.1 Å². The molecule has 3 N–H and O–H groups in total. The van der Waals surface area contributed by atoms with Crippen LogP contribution in [0.2, 0.25) is 5.15 Å². The van der Waals surface area contributed by atoms with Gasteiger partial charge in [-0.3, -0.25) is 0 Å². The van der Waals surface area contributed by atoms with E-state index in [1.165, 1.54) is 6.92 Å². The number of anilines is 2. The minimum absolute atomic E-state index is 0.0366. The molecule has 0 aliphatic carbocycles. The van der Waals surface area contributed by atoms with E-state index in [2.05, 4.69) is 25.3 Å². The smallest absolute Gasteiger partial charge is 0.368 e. The molecule has 6 nitrogen and oxygen atoms in total. The number of alkyl halides is 3. The molecule has 0 aliphatic rings. The fraction of sp³-hybridized carbons (Fsp3) is 0.333. The minimum atomic E-state index is -4.43. The number of nitrogen functional groups attached to an aromatic ring is 1. The summed E-state index contributed by atoms with van der Waals surface area (Å²) in [6, 6.07) is 2.94. The van der Waals surface area contributed by atoms with Gasteiger partial charge in [-0.05, 0) is 18.6 Å². The summed E-state index contributed by atoms with van der Waals surface area (Å²) in [5, 5.41) is 2.41. The normalized spacial score (nSPS) is 13.0. The molecule has 0 spiro atoms. The first-order valence-corrected chi connectivity index (χ1v) is 6.65. The Hall–Kier alpha value is -2.16. The molecule has 0 aromatic carbocycles. The van der Waals surface area contributed by atoms with Gasteiger partial charge in [-0.15, -0.1) is 0 Å². The Balaban J connectivity index is 2.35. The maximum Gasteiger partial charge on any atom is 0.408 e. The van der Waals surface area contributed by atoms with E-state index in [9.17, 15) is 13.2 Å². The number of aromatic nitrogens is 4. The maximum atomic E-state index is 12.8. The molecule has 2 rings (SSSR count). The molecular formula is C12H12ClF3N6. The van der Waals surface area contributed by atoms with Gasteiger partial charge in [0.2, 0.25) is 11.9 Å². The van der Waals surface area contributed by atoms with E-state index in [1.54, 1.807) is 18.2 Å². The highest BCUT2D eigenvalue weighted by molar-refractivity contribution is 6.29. The topological polar surface area (TPSA) is 89.6 Å². The molecule has 0 bridgehead atoms. The predicted octanol–water partition coefficient (Wildman–Crippen LogP) is 2.92. The number of hydrogen-bond donors (Lipinski definition) is 2. The predicted molar refractivity (Wildman–Crippen MR) is 76.2 cm³/mol. The first-order valence-electron chi connectivity index (χ1n) is 6.27. The number of hydrogen-bond acceptors (Lipinski definition) is 6. The highest BCUT2D eigenvalue weighted by Crippen LogP contribution is 2.25. The van der Waals surface area contributed by atoms with Crippen LogP contribution < -0.4 is 11.1 Å². The highest BCUT2D eigenvalue weighted by Gasteiger charge is 2.38. The van der Waals surface area contributed by atoms with E-state index in [-0.39, 0.29) is 35.0 Å². The second kappa shape index (κ2) is 6.30. The molecule has 1 unspecified atom stereocenters. The molecule has 22 heavy (non-hydrogen) atoms. The summed E-state index contributed by atoms with van der Waals surface area (Å²) in [7, 11) is 0. The van der Waals surface area contributed by atoms with Gasteiger partial charge in [0, 0.05) is 0 Å². The number of rotatable bonds is 4. The van der Waals surface area contributed by atoms with Crippen molar-refractivity contribution in [2.45, 2.75) is 25.6 Å². The van der Waals surface area contributed by atoms with Crippen LogP contribution in [0.3, 0.4) is 0 Å². The van der Waals surface area contributed by atoms with Gasteiger partial charge in [0.15, 0.2) is 5.82 Å². The molecule has 0 radical (unpaired) electrons. The second-order valence-electron chi connectivity index (χ2n) is 4.33. The van der Waals surface area contributed by atoms with Crippen molar-refractivity contribution in [1.82, 2.24) is 19.9 Å². The summed E-state index contributed by atoms with van der Waals surface area (Å²) < 4.78 is 38.4. The van der Waals surface area contributed by atoms with Crippen molar-refractivity contribution < 1.29 is 13.2 Å². The van der Waals surface area contributed by atoms with Gasteiger partial charge in [0.05, 0.1) is 0 Å². The van der Waals surface area contributed by atoms with E-state index in [0.717, 1.165) is 0 Å². The fourth-order valence-electron chi connectivity index (χ4n) is 1.68. The van der Waals surface area contributed by atoms with Gasteiger partial charge in [-0.25, -0.2) is 4.98 Å². The summed E-state index contributed by atoms with van der Waals surface area (Å²) in [6.45, 7) is 1.40. The molecule has 0 saturated heterocycles. The zero-order valence-corrected chi connectivity index (χ0v) is 12.2. The van der Waals surface area contributed by atoms with E-state index in [1.807, 2.05) is 0 Å². The van der Waals surface area contributed by atoms with Crippen molar-refractivity contribution >= 4 is 23.5 Å². The monoisotopic (exact) mass is 332 g/mol. The number of nitrogens with one attached hydrogen (secondary N) is 1. The zero-order valence-electron chi connectivity index (χ0n) is 11.4. The summed E-state index contributed by atoms with van der Waals surface area (Å²) in [6.07, 6.45) is -4.61. The molecule has 2 aromatic rings. The van der Waals surface area contributed by atoms with Crippen molar-refractivity contribution in [2.24, 2.45) is 0 Å². The van der Waals surface area contributed by atoms with Gasteiger partial charge in [0.1, 0.15) is 16.9 Å². The Morgan fingerprint density at radius 1 is 1.23 bits per heavy atom. The van der Waals surface area contributed by atoms with Crippen molar-refractivity contribution in [3.8, 4) is 11.5 Å². The first-order chi connectivity index (χ1) is 10.3. The van der Waals surface area contributed by atoms with Gasteiger partial charge < -0.3 is 11.1 Å². The Morgan fingerprint density at radius 3 is 2.55 bits per heavy atom. The van der Waals surface area contributed by atoms with Crippen molar-refractivity contribution in [3.05, 3.63) is 23.4 Å². The molecule has 1 atom stereocenters. The molecule has 118 valence electrons. The van der Waals surface area contributed by atoms with Gasteiger partial charge in [-0.1, -0.05) is 24.6 Å². The van der Waals surface area contributed by atoms with Crippen molar-refractivity contribution in [1.29, 1.82) is 0 Å². The molecule has 2 aromatic heterocycles. The van der Waals surface area contributed by atoms with Crippen LogP contribution >= 0.6 is 11.6 Å². The first kappa shape index (κ1) is 16.2. The standard InChI is InChI=1S/C12H12ClF3N6/c1-2-7(12(14,15)16)19-11-21-9(20-10(17)22-11)6-4-3-5-8(13)18-6/h3-5,7H,2H2,1H3,(H3,17,19,20,21,22). The van der Waals surface area contributed by atoms with Gasteiger partial charge >= 0.3 is 6.18 Å². The average molecular weight is 333 g/mol. The number of halogens is 4. The summed E-state index contributed by atoms with van der Waals surface area (Å²) in [5.74, 6) is -0.450. The Bertz CT molecular complexity index is 664. The van der Waals surface area contributed by atoms with Crippen LogP contribution in [0.4, 0.5) is 25.1 Å². The van der Waals surface area contributed by atoms with Crippen LogP contribution in [-0.4, -0.2) is 32.2 Å². The van der Waals surface area contributed by atoms with Crippen LogP contribution in [0, 0.1) is 0 Å². The number of nitrogens with two attached hydrogens (primary N) is 1. The third kappa shape index (κ3) is 3.94. The van der Waals surface area contributed by atoms with E-state index < -0.39 is 12.2 Å². The maximum absolute atomic E-state index is 12.8. The van der Waals surface area contributed by atoms with Crippen LogP contribution in [0.25, 0.3) is 11.5 Å². The molecule has 10 heteroatoms. The van der Waals surface area contributed by atoms with Crippen molar-refractivity contribution in [3.63, 3.8) is 0 Å². The quantitative estimate of drug-likeness (QED) is 0.837. The van der Waals surface area contributed by atoms with Crippen LogP contribution in [-0.2, 0) is 0 Å². The third-order valence-corrected chi connectivity index (χ3v) is 2.91. The SMILES string of the molecule is CCC(Nc1nc(N)nc(-c2cccc(Cl)n2)n1)C(F)(F)F. The molecule has 0 fully saturated rings. The fourth-order valence-corrected chi connectivity index (χ4v) is 1.84. The lowest BCUT2D eigenvalue weighted by molar-refractivity contribution is -0.143. The molecule has 0 aliphatic heterocycles. The Labute approximate surface area is 129 Å². The average Bonchev–Trinajstić information content (AvgIpc) is 2.43. The Morgan fingerprint density at radius 2 is 1.95 bits per heavy atom. The zero-order chi connectivity index (χ0) is 16.3. The van der Waals surface area contributed by atoms with E-state index >= 15 is 0 Å². The number of nitrogens with zero attached hydrogens (tertiary/aromatic N) is 4. The molecule has 2 heterocycles. The molecule has 0 saturated carbocycles. The molecular weight excluding hydrogens is 321 g/mol. The number of pyridine rings is 1. The Kier molecular flexibility index (Phi) is 4.65. The van der Waals surface area contributed by atoms with E-state index in [4.69, 9.17) is 17.3 Å². The van der Waals surface area contributed by atoms with Gasteiger partial charge in [-0.2, -0.15) is 28.1 Å². The molecule has 0 amide bonds. The van der Waals surface area contributed by atoms with Crippen LogP contribution in [0.1, 0.15) is 13.3 Å².